The summed E-state index contributed by atoms with van der Waals surface area (Å²) in [6.45, 7) is 7.50. The number of urea groups is 1. The Morgan fingerprint density at radius 3 is 2.74 bits per heavy atom. The first-order valence-corrected chi connectivity index (χ1v) is 9.22. The van der Waals surface area contributed by atoms with E-state index in [1.807, 2.05) is 0 Å². The van der Waals surface area contributed by atoms with Gasteiger partial charge in [0, 0.05) is 18.1 Å². The summed E-state index contributed by atoms with van der Waals surface area (Å²) in [5.41, 5.74) is -0.00189. The Balaban J connectivity index is 1.43. The zero-order valence-corrected chi connectivity index (χ0v) is 14.9. The highest BCUT2D eigenvalue weighted by atomic mass is 32.1. The molecule has 2 heterocycles. The lowest BCUT2D eigenvalue weighted by atomic mass is 9.98. The lowest BCUT2D eigenvalue weighted by Crippen LogP contribution is -2.46. The normalized spacial score (nSPS) is 25.2. The number of carbonyl (C=O) groups excluding carboxylic acids is 1. The van der Waals surface area contributed by atoms with Gasteiger partial charge in [0.25, 0.3) is 0 Å². The van der Waals surface area contributed by atoms with Crippen LogP contribution in [0, 0.1) is 5.92 Å². The van der Waals surface area contributed by atoms with E-state index in [2.05, 4.69) is 41.6 Å². The molecule has 1 aromatic rings. The van der Waals surface area contributed by atoms with Crippen LogP contribution in [0.25, 0.3) is 0 Å². The Hall–Kier alpha value is -1.21. The van der Waals surface area contributed by atoms with Crippen LogP contribution in [0.1, 0.15) is 56.5 Å². The molecule has 1 aliphatic heterocycles. The van der Waals surface area contributed by atoms with Gasteiger partial charge < -0.3 is 15.4 Å². The minimum atomic E-state index is -0.126. The minimum Gasteiger partial charge on any atom is -0.378 e. The summed E-state index contributed by atoms with van der Waals surface area (Å²) in [4.78, 5) is 12.1. The fraction of sp³-hybridized carbons (Fsp3) is 0.812. The topological polar surface area (TPSA) is 76.1 Å². The molecule has 0 aromatic carbocycles. The van der Waals surface area contributed by atoms with Crippen LogP contribution in [0.3, 0.4) is 0 Å². The van der Waals surface area contributed by atoms with Gasteiger partial charge in [-0.25, -0.2) is 4.79 Å². The fourth-order valence-corrected chi connectivity index (χ4v) is 3.61. The maximum Gasteiger partial charge on any atom is 0.315 e. The molecule has 2 fully saturated rings. The van der Waals surface area contributed by atoms with Crippen molar-refractivity contribution in [1.29, 1.82) is 0 Å². The SMILES string of the molecule is CC(C)(C)c1nnc(CNC(=O)NC2CCOC(C3CC3)C2)s1. The first kappa shape index (κ1) is 16.6. The summed E-state index contributed by atoms with van der Waals surface area (Å²) in [6, 6.07) is 0.0906. The molecule has 2 N–H and O–H groups in total. The van der Waals surface area contributed by atoms with Crippen molar-refractivity contribution in [3.63, 3.8) is 0 Å². The van der Waals surface area contributed by atoms with Crippen molar-refractivity contribution in [1.82, 2.24) is 20.8 Å². The number of nitrogens with zero attached hydrogens (tertiary/aromatic N) is 2. The Morgan fingerprint density at radius 1 is 1.30 bits per heavy atom. The average Bonchev–Trinajstić information content (AvgIpc) is 3.22. The van der Waals surface area contributed by atoms with E-state index in [-0.39, 0.29) is 17.5 Å². The summed E-state index contributed by atoms with van der Waals surface area (Å²) in [7, 11) is 0. The number of aromatic nitrogens is 2. The molecule has 2 atom stereocenters. The molecule has 0 radical (unpaired) electrons. The number of amides is 2. The molecule has 2 aliphatic rings. The Kier molecular flexibility index (Phi) is 4.87. The molecule has 7 heteroatoms. The molecule has 3 rings (SSSR count). The zero-order valence-electron chi connectivity index (χ0n) is 14.1. The van der Waals surface area contributed by atoms with E-state index in [0.717, 1.165) is 35.4 Å². The number of hydrogen-bond acceptors (Lipinski definition) is 5. The van der Waals surface area contributed by atoms with Gasteiger partial charge >= 0.3 is 6.03 Å². The quantitative estimate of drug-likeness (QED) is 0.885. The molecule has 0 spiro atoms. The molecule has 128 valence electrons. The predicted octanol–water partition coefficient (Wildman–Crippen LogP) is 2.59. The van der Waals surface area contributed by atoms with E-state index < -0.39 is 0 Å². The largest absolute Gasteiger partial charge is 0.378 e. The molecule has 0 bridgehead atoms. The second kappa shape index (κ2) is 6.73. The van der Waals surface area contributed by atoms with Gasteiger partial charge in [0.1, 0.15) is 10.0 Å². The molecule has 1 saturated carbocycles. The predicted molar refractivity (Wildman–Crippen MR) is 89.5 cm³/mol. The lowest BCUT2D eigenvalue weighted by molar-refractivity contribution is -0.00914. The summed E-state index contributed by atoms with van der Waals surface area (Å²) in [5, 5.41) is 16.1. The molecule has 2 unspecified atom stereocenters. The van der Waals surface area contributed by atoms with Crippen molar-refractivity contribution < 1.29 is 9.53 Å². The fourth-order valence-electron chi connectivity index (χ4n) is 2.78. The number of rotatable bonds is 4. The van der Waals surface area contributed by atoms with Gasteiger partial charge in [-0.3, -0.25) is 0 Å². The van der Waals surface area contributed by atoms with Crippen LogP contribution in [-0.4, -0.2) is 35.0 Å². The summed E-state index contributed by atoms with van der Waals surface area (Å²) in [5.74, 6) is 0.722. The van der Waals surface area contributed by atoms with E-state index in [1.54, 1.807) is 11.3 Å². The Bertz CT molecular complexity index is 551. The molecular weight excluding hydrogens is 312 g/mol. The monoisotopic (exact) mass is 338 g/mol. The third-order valence-electron chi connectivity index (χ3n) is 4.31. The maximum absolute atomic E-state index is 12.1. The van der Waals surface area contributed by atoms with Crippen LogP contribution in [-0.2, 0) is 16.7 Å². The van der Waals surface area contributed by atoms with E-state index in [1.165, 1.54) is 12.8 Å². The number of carbonyl (C=O) groups is 1. The van der Waals surface area contributed by atoms with Gasteiger partial charge in [-0.05, 0) is 31.6 Å². The summed E-state index contributed by atoms with van der Waals surface area (Å²) < 4.78 is 5.79. The minimum absolute atomic E-state index is 0.00189. The summed E-state index contributed by atoms with van der Waals surface area (Å²) >= 11 is 1.56. The van der Waals surface area contributed by atoms with E-state index in [4.69, 9.17) is 4.74 Å². The van der Waals surface area contributed by atoms with Gasteiger partial charge in [0.05, 0.1) is 12.6 Å². The highest BCUT2D eigenvalue weighted by Gasteiger charge is 2.36. The van der Waals surface area contributed by atoms with Gasteiger partial charge in [0.2, 0.25) is 0 Å². The van der Waals surface area contributed by atoms with Crippen LogP contribution in [0.4, 0.5) is 4.79 Å². The molecule has 2 amide bonds. The van der Waals surface area contributed by atoms with Crippen LogP contribution >= 0.6 is 11.3 Å². The summed E-state index contributed by atoms with van der Waals surface area (Å²) in [6.07, 6.45) is 4.72. The van der Waals surface area contributed by atoms with E-state index in [0.29, 0.717) is 12.6 Å². The smallest absolute Gasteiger partial charge is 0.315 e. The third kappa shape index (κ3) is 4.64. The molecule has 6 nitrogen and oxygen atoms in total. The number of hydrogen-bond donors (Lipinski definition) is 2. The van der Waals surface area contributed by atoms with Crippen molar-refractivity contribution in [2.45, 2.75) is 70.6 Å². The van der Waals surface area contributed by atoms with Crippen molar-refractivity contribution in [3.8, 4) is 0 Å². The van der Waals surface area contributed by atoms with Crippen LogP contribution in [0.15, 0.2) is 0 Å². The van der Waals surface area contributed by atoms with Gasteiger partial charge in [-0.2, -0.15) is 0 Å². The zero-order chi connectivity index (χ0) is 16.4. The highest BCUT2D eigenvalue weighted by molar-refractivity contribution is 7.11. The first-order chi connectivity index (χ1) is 10.9. The number of nitrogens with one attached hydrogen (secondary N) is 2. The van der Waals surface area contributed by atoms with Crippen LogP contribution in [0.5, 0.6) is 0 Å². The molecule has 1 saturated heterocycles. The van der Waals surface area contributed by atoms with Crippen LogP contribution < -0.4 is 10.6 Å². The van der Waals surface area contributed by atoms with Gasteiger partial charge in [-0.15, -0.1) is 10.2 Å². The lowest BCUT2D eigenvalue weighted by Gasteiger charge is -2.30. The molecular formula is C16H26N4O2S. The second-order valence-electron chi connectivity index (χ2n) is 7.55. The molecule has 1 aliphatic carbocycles. The van der Waals surface area contributed by atoms with Gasteiger partial charge in [-0.1, -0.05) is 32.1 Å². The Morgan fingerprint density at radius 2 is 2.09 bits per heavy atom. The Labute approximate surface area is 141 Å². The third-order valence-corrected chi connectivity index (χ3v) is 5.66. The van der Waals surface area contributed by atoms with Crippen LogP contribution in [0.2, 0.25) is 0 Å². The molecule has 1 aromatic heterocycles. The maximum atomic E-state index is 12.1. The van der Waals surface area contributed by atoms with Crippen molar-refractivity contribution >= 4 is 17.4 Å². The van der Waals surface area contributed by atoms with Gasteiger partial charge in [0.15, 0.2) is 0 Å². The van der Waals surface area contributed by atoms with Crippen molar-refractivity contribution in [3.05, 3.63) is 10.0 Å². The van der Waals surface area contributed by atoms with E-state index >= 15 is 0 Å². The molecule has 23 heavy (non-hydrogen) atoms. The second-order valence-corrected chi connectivity index (χ2v) is 8.61. The average molecular weight is 338 g/mol. The van der Waals surface area contributed by atoms with E-state index in [9.17, 15) is 4.79 Å². The number of ether oxygens (including phenoxy) is 1. The van der Waals surface area contributed by atoms with Crippen molar-refractivity contribution in [2.75, 3.05) is 6.61 Å². The highest BCUT2D eigenvalue weighted by Crippen LogP contribution is 2.38. The standard InChI is InChI=1S/C16H26N4O2S/c1-16(2,3)14-20-19-13(23-14)9-17-15(21)18-11-6-7-22-12(8-11)10-4-5-10/h10-12H,4-9H2,1-3H3,(H2,17,18,21). The van der Waals surface area contributed by atoms with Crippen molar-refractivity contribution in [2.24, 2.45) is 5.92 Å². The first-order valence-electron chi connectivity index (χ1n) is 8.40.